The van der Waals surface area contributed by atoms with Gasteiger partial charge < -0.3 is 9.47 Å². The monoisotopic (exact) mass is 390 g/mol. The molecule has 1 aromatic carbocycles. The van der Waals surface area contributed by atoms with E-state index < -0.39 is 0 Å². The van der Waals surface area contributed by atoms with Gasteiger partial charge in [0.1, 0.15) is 0 Å². The molecular weight excluding hydrogens is 368 g/mol. The van der Waals surface area contributed by atoms with E-state index >= 15 is 0 Å². The minimum Gasteiger partial charge on any atom is -0.505 e. The highest BCUT2D eigenvalue weighted by Gasteiger charge is 2.39. The van der Waals surface area contributed by atoms with Crippen LogP contribution in [0, 0.1) is 12.8 Å². The Morgan fingerprint density at radius 1 is 1.42 bits per heavy atom. The Labute approximate surface area is 150 Å². The number of fused-ring (bicyclic) bond motifs is 1. The summed E-state index contributed by atoms with van der Waals surface area (Å²) in [5.41, 5.74) is 3.90. The summed E-state index contributed by atoms with van der Waals surface area (Å²) in [6.45, 7) is 3.04. The number of halogens is 1. The fraction of sp³-hybridized carbons (Fsp3) is 0.526. The zero-order chi connectivity index (χ0) is 16.7. The van der Waals surface area contributed by atoms with E-state index in [0.29, 0.717) is 11.8 Å². The summed E-state index contributed by atoms with van der Waals surface area (Å²) >= 11 is 3.86. The Kier molecular flexibility index (Phi) is 4.39. The third-order valence-electron chi connectivity index (χ3n) is 5.19. The molecule has 1 aliphatic carbocycles. The van der Waals surface area contributed by atoms with Crippen LogP contribution in [0.3, 0.4) is 0 Å². The summed E-state index contributed by atoms with van der Waals surface area (Å²) in [7, 11) is 1.70. The van der Waals surface area contributed by atoms with Gasteiger partial charge >= 0.3 is 0 Å². The largest absolute Gasteiger partial charge is 0.505 e. The van der Waals surface area contributed by atoms with Crippen molar-refractivity contribution >= 4 is 26.8 Å². The summed E-state index contributed by atoms with van der Waals surface area (Å²) in [6, 6.07) is 2.27. The van der Waals surface area contributed by atoms with Crippen LogP contribution in [0.5, 0.6) is 0 Å². The Hall–Kier alpha value is -1.33. The second kappa shape index (κ2) is 6.52. The average Bonchev–Trinajstić information content (AvgIpc) is 3.22. The highest BCUT2D eigenvalue weighted by Crippen LogP contribution is 2.53. The maximum Gasteiger partial charge on any atom is 0.150 e. The van der Waals surface area contributed by atoms with Gasteiger partial charge in [0.2, 0.25) is 0 Å². The van der Waals surface area contributed by atoms with Crippen molar-refractivity contribution in [2.75, 3.05) is 13.7 Å². The molecule has 2 aromatic rings. The molecule has 2 fully saturated rings. The second-order valence-electron chi connectivity index (χ2n) is 6.83. The quantitative estimate of drug-likeness (QED) is 0.683. The zero-order valence-corrected chi connectivity index (χ0v) is 15.8. The van der Waals surface area contributed by atoms with Crippen molar-refractivity contribution in [2.24, 2.45) is 5.92 Å². The summed E-state index contributed by atoms with van der Waals surface area (Å²) in [4.78, 5) is 0. The second-order valence-corrected chi connectivity index (χ2v) is 7.63. The van der Waals surface area contributed by atoms with Crippen LogP contribution in [-0.4, -0.2) is 23.5 Å². The van der Waals surface area contributed by atoms with E-state index in [1.165, 1.54) is 39.3 Å². The molecule has 0 bridgehead atoms. The van der Waals surface area contributed by atoms with Gasteiger partial charge in [-0.15, -0.1) is 0 Å². The number of aromatic nitrogens is 2. The van der Waals surface area contributed by atoms with Gasteiger partial charge in [-0.3, -0.25) is 0 Å². The van der Waals surface area contributed by atoms with Crippen molar-refractivity contribution < 1.29 is 9.47 Å². The molecule has 0 spiro atoms. The van der Waals surface area contributed by atoms with Gasteiger partial charge in [-0.2, -0.15) is 5.10 Å². The van der Waals surface area contributed by atoms with Crippen LogP contribution in [-0.2, 0) is 9.47 Å². The van der Waals surface area contributed by atoms with Crippen molar-refractivity contribution in [3.05, 3.63) is 40.2 Å². The molecule has 24 heavy (non-hydrogen) atoms. The van der Waals surface area contributed by atoms with Crippen LogP contribution >= 0.6 is 15.9 Å². The van der Waals surface area contributed by atoms with Crippen LogP contribution in [0.2, 0.25) is 0 Å². The van der Waals surface area contributed by atoms with E-state index in [4.69, 9.17) is 9.47 Å². The maximum absolute atomic E-state index is 5.92. The van der Waals surface area contributed by atoms with E-state index in [0.717, 1.165) is 19.4 Å². The van der Waals surface area contributed by atoms with E-state index in [9.17, 15) is 0 Å². The van der Waals surface area contributed by atoms with Gasteiger partial charge in [-0.05, 0) is 83.6 Å². The van der Waals surface area contributed by atoms with Gasteiger partial charge in [0.15, 0.2) is 6.23 Å². The van der Waals surface area contributed by atoms with Crippen molar-refractivity contribution in [1.82, 2.24) is 9.78 Å². The summed E-state index contributed by atoms with van der Waals surface area (Å²) < 4.78 is 14.2. The number of rotatable bonds is 4. The third-order valence-corrected chi connectivity index (χ3v) is 6.04. The number of hydrogen-bond donors (Lipinski definition) is 0. The van der Waals surface area contributed by atoms with E-state index in [1.54, 1.807) is 13.4 Å². The van der Waals surface area contributed by atoms with Crippen molar-refractivity contribution in [3.63, 3.8) is 0 Å². The van der Waals surface area contributed by atoms with E-state index in [-0.39, 0.29) is 6.23 Å². The van der Waals surface area contributed by atoms with Crippen LogP contribution in [0.25, 0.3) is 10.9 Å². The summed E-state index contributed by atoms with van der Waals surface area (Å²) in [5, 5.41) is 5.82. The molecule has 0 N–H and O–H groups in total. The average molecular weight is 391 g/mol. The molecule has 1 saturated carbocycles. The fourth-order valence-corrected chi connectivity index (χ4v) is 4.74. The number of aryl methyl sites for hydroxylation is 1. The highest BCUT2D eigenvalue weighted by molar-refractivity contribution is 9.10. The number of allylic oxidation sites excluding steroid dienone is 1. The molecule has 2 heterocycles. The first-order valence-electron chi connectivity index (χ1n) is 8.68. The lowest BCUT2D eigenvalue weighted by atomic mass is 10.0. The highest BCUT2D eigenvalue weighted by atomic mass is 79.9. The number of nitrogens with zero attached hydrogens (tertiary/aromatic N) is 2. The van der Waals surface area contributed by atoms with E-state index in [1.807, 2.05) is 6.20 Å². The van der Waals surface area contributed by atoms with E-state index in [2.05, 4.69) is 44.8 Å². The SMILES string of the molecule is CO/C=C/[C@@H]1CC1c1c(C)cc2c(cnn2C2CCCCO2)c1Br. The Balaban J connectivity index is 1.70. The lowest BCUT2D eigenvalue weighted by Crippen LogP contribution is -2.19. The molecule has 4 rings (SSSR count). The van der Waals surface area contributed by atoms with Gasteiger partial charge in [0.05, 0.1) is 25.1 Å². The molecule has 1 aromatic heterocycles. The lowest BCUT2D eigenvalue weighted by Gasteiger charge is -2.23. The zero-order valence-electron chi connectivity index (χ0n) is 14.2. The molecule has 2 unspecified atom stereocenters. The topological polar surface area (TPSA) is 36.3 Å². The van der Waals surface area contributed by atoms with Crippen LogP contribution in [0.1, 0.15) is 49.0 Å². The molecule has 0 amide bonds. The molecule has 4 nitrogen and oxygen atoms in total. The number of benzene rings is 1. The first-order valence-corrected chi connectivity index (χ1v) is 9.47. The number of methoxy groups -OCH3 is 1. The standard InChI is InChI=1S/C19H23BrN2O2/c1-12-9-16-15(11-21-22(16)17-5-3-4-7-24-17)19(20)18(12)14-10-13(14)6-8-23-2/h6,8-9,11,13-14,17H,3-5,7,10H2,1-2H3/b8-6+/t13-,14?,17?/m1/s1. The van der Waals surface area contributed by atoms with Crippen LogP contribution in [0.15, 0.2) is 29.1 Å². The number of hydrogen-bond acceptors (Lipinski definition) is 3. The Morgan fingerprint density at radius 2 is 2.29 bits per heavy atom. The molecule has 1 aliphatic heterocycles. The predicted molar refractivity (Wildman–Crippen MR) is 98.0 cm³/mol. The summed E-state index contributed by atoms with van der Waals surface area (Å²) in [6.07, 6.45) is 10.6. The molecule has 5 heteroatoms. The van der Waals surface area contributed by atoms with Gasteiger partial charge in [-0.1, -0.05) is 0 Å². The lowest BCUT2D eigenvalue weighted by molar-refractivity contribution is -0.0366. The van der Waals surface area contributed by atoms with Crippen LogP contribution < -0.4 is 0 Å². The molecule has 3 atom stereocenters. The fourth-order valence-electron chi connectivity index (χ4n) is 3.83. The predicted octanol–water partition coefficient (Wildman–Crippen LogP) is 5.07. The normalized spacial score (nSPS) is 27.0. The molecule has 128 valence electrons. The van der Waals surface area contributed by atoms with Gasteiger partial charge in [0.25, 0.3) is 0 Å². The van der Waals surface area contributed by atoms with Crippen molar-refractivity contribution in [3.8, 4) is 0 Å². The number of ether oxygens (including phenoxy) is 2. The first kappa shape index (κ1) is 16.2. The Morgan fingerprint density at radius 3 is 3.04 bits per heavy atom. The maximum atomic E-state index is 5.92. The molecule has 1 saturated heterocycles. The van der Waals surface area contributed by atoms with Gasteiger partial charge in [-0.25, -0.2) is 4.68 Å². The molecule has 2 aliphatic rings. The van der Waals surface area contributed by atoms with Crippen LogP contribution in [0.4, 0.5) is 0 Å². The molecule has 0 radical (unpaired) electrons. The van der Waals surface area contributed by atoms with Crippen molar-refractivity contribution in [1.29, 1.82) is 0 Å². The smallest absolute Gasteiger partial charge is 0.150 e. The van der Waals surface area contributed by atoms with Crippen molar-refractivity contribution in [2.45, 2.75) is 44.8 Å². The minimum atomic E-state index is 0.0757. The third kappa shape index (κ3) is 2.78. The minimum absolute atomic E-state index is 0.0757. The summed E-state index contributed by atoms with van der Waals surface area (Å²) in [5.74, 6) is 1.15. The molecular formula is C19H23BrN2O2. The van der Waals surface area contributed by atoms with Gasteiger partial charge in [0, 0.05) is 16.5 Å². The Bertz CT molecular complexity index is 777. The first-order chi connectivity index (χ1) is 11.7.